The normalized spacial score (nSPS) is 29.0. The van der Waals surface area contributed by atoms with Crippen LogP contribution in [0.3, 0.4) is 0 Å². The average molecular weight is 317 g/mol. The van der Waals surface area contributed by atoms with Crippen molar-refractivity contribution in [2.24, 2.45) is 5.41 Å². The Labute approximate surface area is 134 Å². The number of anilines is 2. The van der Waals surface area contributed by atoms with Gasteiger partial charge in [0.25, 0.3) is 0 Å². The Hall–Kier alpha value is -1.93. The molecule has 0 spiro atoms. The molecule has 8 nitrogen and oxygen atoms in total. The number of nitrogens with two attached hydrogens (primary N) is 1. The molecule has 3 N–H and O–H groups in total. The average Bonchev–Trinajstić information content (AvgIpc) is 3.04. The van der Waals surface area contributed by atoms with Crippen LogP contribution in [-0.2, 0) is 0 Å². The van der Waals surface area contributed by atoms with Gasteiger partial charge in [0.1, 0.15) is 12.1 Å². The van der Waals surface area contributed by atoms with Crippen molar-refractivity contribution in [3.63, 3.8) is 0 Å². The van der Waals surface area contributed by atoms with Crippen LogP contribution in [0.15, 0.2) is 12.4 Å². The monoisotopic (exact) mass is 317 g/mol. The Bertz CT molecular complexity index is 717. The van der Waals surface area contributed by atoms with Gasteiger partial charge in [-0.25, -0.2) is 0 Å². The molecule has 0 saturated carbocycles. The summed E-state index contributed by atoms with van der Waals surface area (Å²) < 4.78 is 1.68. The summed E-state index contributed by atoms with van der Waals surface area (Å²) in [6.45, 7) is 3.07. The summed E-state index contributed by atoms with van der Waals surface area (Å²) in [4.78, 5) is 9.15. The van der Waals surface area contributed by atoms with Crippen molar-refractivity contribution >= 4 is 17.4 Å². The maximum absolute atomic E-state index is 10.0. The molecular formula is C15H23N7O. The highest BCUT2D eigenvalue weighted by molar-refractivity contribution is 5.55. The molecule has 0 radical (unpaired) electrons. The number of likely N-dealkylation sites (N-methyl/N-ethyl adjacent to an activating group) is 1. The molecule has 2 saturated heterocycles. The van der Waals surface area contributed by atoms with Gasteiger partial charge in [-0.15, -0.1) is 10.2 Å². The fourth-order valence-corrected chi connectivity index (χ4v) is 4.22. The smallest absolute Gasteiger partial charge is 0.209 e. The van der Waals surface area contributed by atoms with Gasteiger partial charge in [-0.1, -0.05) is 0 Å². The van der Waals surface area contributed by atoms with Crippen LogP contribution in [0.25, 0.3) is 5.65 Å². The van der Waals surface area contributed by atoms with E-state index >= 15 is 0 Å². The number of piperidine rings is 2. The minimum atomic E-state index is 0.0218. The molecule has 2 aromatic heterocycles. The molecule has 0 aromatic carbocycles. The molecule has 2 aromatic rings. The molecule has 2 atom stereocenters. The minimum absolute atomic E-state index is 0.0218. The molecule has 2 aliphatic heterocycles. The fraction of sp³-hybridized carbons (Fsp3) is 0.667. The molecule has 0 aliphatic carbocycles. The molecule has 2 aliphatic rings. The van der Waals surface area contributed by atoms with Crippen LogP contribution in [-0.4, -0.2) is 68.9 Å². The Morgan fingerprint density at radius 3 is 3.09 bits per heavy atom. The second-order valence-corrected chi connectivity index (χ2v) is 6.85. The summed E-state index contributed by atoms with van der Waals surface area (Å²) in [5.74, 6) is 1.24. The predicted molar refractivity (Wildman–Crippen MR) is 87.2 cm³/mol. The number of nitrogen functional groups attached to an aromatic ring is 1. The predicted octanol–water partition coefficient (Wildman–Crippen LogP) is -0.0105. The number of aliphatic hydroxyl groups is 1. The third kappa shape index (κ3) is 2.24. The Morgan fingerprint density at radius 2 is 2.26 bits per heavy atom. The van der Waals surface area contributed by atoms with Crippen LogP contribution < -0.4 is 10.6 Å². The topological polar surface area (TPSA) is 95.8 Å². The molecule has 23 heavy (non-hydrogen) atoms. The van der Waals surface area contributed by atoms with Crippen LogP contribution in [0.1, 0.15) is 19.3 Å². The van der Waals surface area contributed by atoms with Gasteiger partial charge in [-0.3, -0.25) is 4.40 Å². The molecule has 2 fully saturated rings. The van der Waals surface area contributed by atoms with Gasteiger partial charge < -0.3 is 20.6 Å². The number of rotatable bonds is 2. The maximum atomic E-state index is 10.0. The van der Waals surface area contributed by atoms with Gasteiger partial charge in [0, 0.05) is 30.6 Å². The zero-order valence-electron chi connectivity index (χ0n) is 13.4. The quantitative estimate of drug-likeness (QED) is 0.804. The highest BCUT2D eigenvalue weighted by Crippen LogP contribution is 2.42. The van der Waals surface area contributed by atoms with Crippen molar-refractivity contribution < 1.29 is 5.11 Å². The number of likely N-dealkylation sites (tertiary alicyclic amines) is 1. The van der Waals surface area contributed by atoms with E-state index in [1.165, 1.54) is 0 Å². The van der Waals surface area contributed by atoms with E-state index in [0.29, 0.717) is 17.6 Å². The first-order valence-corrected chi connectivity index (χ1v) is 8.15. The van der Waals surface area contributed by atoms with Crippen molar-refractivity contribution in [1.82, 2.24) is 24.5 Å². The van der Waals surface area contributed by atoms with Crippen molar-refractivity contribution in [2.45, 2.75) is 25.3 Å². The molecular weight excluding hydrogens is 294 g/mol. The summed E-state index contributed by atoms with van der Waals surface area (Å²) in [5, 5.41) is 18.0. The van der Waals surface area contributed by atoms with Crippen molar-refractivity contribution in [3.05, 3.63) is 12.4 Å². The second-order valence-electron chi connectivity index (χ2n) is 6.85. The molecule has 4 heterocycles. The van der Waals surface area contributed by atoms with Crippen LogP contribution in [0.4, 0.5) is 11.8 Å². The summed E-state index contributed by atoms with van der Waals surface area (Å²) >= 11 is 0. The zero-order valence-corrected chi connectivity index (χ0v) is 13.4. The third-order valence-corrected chi connectivity index (χ3v) is 5.64. The number of fused-ring (bicyclic) bond motifs is 2. The lowest BCUT2D eigenvalue weighted by Gasteiger charge is -2.53. The fourth-order valence-electron chi connectivity index (χ4n) is 4.22. The highest BCUT2D eigenvalue weighted by atomic mass is 16.3. The molecule has 8 heteroatoms. The van der Waals surface area contributed by atoms with Crippen molar-refractivity contribution in [3.8, 4) is 0 Å². The van der Waals surface area contributed by atoms with Crippen molar-refractivity contribution in [1.29, 1.82) is 0 Å². The molecule has 0 unspecified atom stereocenters. The Kier molecular flexibility index (Phi) is 3.38. The third-order valence-electron chi connectivity index (χ3n) is 5.64. The number of hydrogen-bond acceptors (Lipinski definition) is 7. The summed E-state index contributed by atoms with van der Waals surface area (Å²) in [6, 6.07) is 2.27. The Balaban J connectivity index is 1.65. The van der Waals surface area contributed by atoms with E-state index in [9.17, 15) is 5.11 Å². The summed E-state index contributed by atoms with van der Waals surface area (Å²) in [6.07, 6.45) is 4.80. The zero-order chi connectivity index (χ0) is 16.0. The maximum Gasteiger partial charge on any atom is 0.209 e. The van der Waals surface area contributed by atoms with Gasteiger partial charge in [0.15, 0.2) is 5.65 Å². The first-order chi connectivity index (χ1) is 11.1. The van der Waals surface area contributed by atoms with E-state index in [-0.39, 0.29) is 12.0 Å². The van der Waals surface area contributed by atoms with Gasteiger partial charge in [0.2, 0.25) is 5.95 Å². The number of aliphatic hydroxyl groups excluding tert-OH is 1. The molecule has 0 bridgehead atoms. The van der Waals surface area contributed by atoms with Crippen LogP contribution >= 0.6 is 0 Å². The van der Waals surface area contributed by atoms with E-state index < -0.39 is 0 Å². The van der Waals surface area contributed by atoms with E-state index in [0.717, 1.165) is 44.7 Å². The Morgan fingerprint density at radius 1 is 1.39 bits per heavy atom. The van der Waals surface area contributed by atoms with E-state index in [4.69, 9.17) is 5.73 Å². The van der Waals surface area contributed by atoms with Crippen molar-refractivity contribution in [2.75, 3.05) is 43.9 Å². The highest BCUT2D eigenvalue weighted by Gasteiger charge is 2.46. The molecule has 0 amide bonds. The lowest BCUT2D eigenvalue weighted by Crippen LogP contribution is -2.61. The summed E-state index contributed by atoms with van der Waals surface area (Å²) in [7, 11) is 2.15. The molecule has 124 valence electrons. The molecule has 4 rings (SSSR count). The number of aromatic nitrogens is 4. The SMILES string of the molecule is CN1CCC[C@]2(CO)CCN(c3cc4nncn4c(N)n3)C[C@@H]12. The largest absolute Gasteiger partial charge is 0.396 e. The minimum Gasteiger partial charge on any atom is -0.396 e. The first-order valence-electron chi connectivity index (χ1n) is 8.15. The van der Waals surface area contributed by atoms with Gasteiger partial charge in [-0.2, -0.15) is 4.98 Å². The second kappa shape index (κ2) is 5.31. The summed E-state index contributed by atoms with van der Waals surface area (Å²) in [5.41, 5.74) is 6.75. The van der Waals surface area contributed by atoms with Gasteiger partial charge >= 0.3 is 0 Å². The van der Waals surface area contributed by atoms with E-state index in [1.54, 1.807) is 10.7 Å². The first kappa shape index (κ1) is 14.6. The number of nitrogens with zero attached hydrogens (tertiary/aromatic N) is 6. The van der Waals surface area contributed by atoms with E-state index in [2.05, 4.69) is 32.0 Å². The lowest BCUT2D eigenvalue weighted by molar-refractivity contribution is -0.0277. The van der Waals surface area contributed by atoms with Crippen LogP contribution in [0, 0.1) is 5.41 Å². The van der Waals surface area contributed by atoms with Gasteiger partial charge in [-0.05, 0) is 32.9 Å². The van der Waals surface area contributed by atoms with Crippen LogP contribution in [0.5, 0.6) is 0 Å². The standard InChI is InChI=1S/C15H23N7O/c1-20-5-2-3-15(9-23)4-6-21(8-11(15)20)12-7-13-19-17-10-22(13)14(16)18-12/h7,10-11,23H,2-6,8-9H2,1H3,(H2,16,18)/t11-,15-/m1/s1. The lowest BCUT2D eigenvalue weighted by atomic mass is 9.69. The van der Waals surface area contributed by atoms with Gasteiger partial charge in [0.05, 0.1) is 6.61 Å². The number of hydrogen-bond donors (Lipinski definition) is 2. The van der Waals surface area contributed by atoms with E-state index in [1.807, 2.05) is 6.07 Å². The van der Waals surface area contributed by atoms with Crippen LogP contribution in [0.2, 0.25) is 0 Å².